The molecule has 1 atom stereocenters. The zero-order chi connectivity index (χ0) is 16.4. The Morgan fingerprint density at radius 1 is 0.957 bits per heavy atom. The lowest BCUT2D eigenvalue weighted by Crippen LogP contribution is -2.32. The molecule has 0 radical (unpaired) electrons. The Morgan fingerprint density at radius 2 is 1.52 bits per heavy atom. The summed E-state index contributed by atoms with van der Waals surface area (Å²) in [6, 6.07) is 18.1. The summed E-state index contributed by atoms with van der Waals surface area (Å²) in [7, 11) is 3.56. The third-order valence-electron chi connectivity index (χ3n) is 3.75. The van der Waals surface area contributed by atoms with Crippen LogP contribution in [0.15, 0.2) is 66.2 Å². The maximum Gasteiger partial charge on any atom is 0.341 e. The molecule has 116 valence electrons. The van der Waals surface area contributed by atoms with E-state index in [4.69, 9.17) is 4.74 Å². The van der Waals surface area contributed by atoms with Crippen LogP contribution >= 0.6 is 0 Å². The van der Waals surface area contributed by atoms with Crippen molar-refractivity contribution in [2.45, 2.75) is 6.23 Å². The highest BCUT2D eigenvalue weighted by Crippen LogP contribution is 2.33. The van der Waals surface area contributed by atoms with Gasteiger partial charge >= 0.3 is 5.97 Å². The van der Waals surface area contributed by atoms with Crippen LogP contribution in [-0.4, -0.2) is 37.0 Å². The fraction of sp³-hybridized carbons (Fsp3) is 0.158. The quantitative estimate of drug-likeness (QED) is 0.644. The third-order valence-corrected chi connectivity index (χ3v) is 3.75. The third kappa shape index (κ3) is 2.81. The number of rotatable bonds is 4. The van der Waals surface area contributed by atoms with Crippen LogP contribution < -0.4 is 0 Å². The predicted molar refractivity (Wildman–Crippen MR) is 87.7 cm³/mol. The second-order valence-corrected chi connectivity index (χ2v) is 5.57. The van der Waals surface area contributed by atoms with E-state index in [1.54, 1.807) is 43.3 Å². The van der Waals surface area contributed by atoms with E-state index < -0.39 is 12.2 Å². The number of carbonyl (C=O) groups is 2. The Hall–Kier alpha value is -2.72. The Kier molecular flexibility index (Phi) is 4.08. The van der Waals surface area contributed by atoms with E-state index in [-0.39, 0.29) is 5.78 Å². The molecule has 3 rings (SSSR count). The van der Waals surface area contributed by atoms with Gasteiger partial charge in [-0.05, 0) is 19.7 Å². The normalized spacial score (nSPS) is 17.5. The largest absolute Gasteiger partial charge is 0.438 e. The molecule has 0 spiro atoms. The van der Waals surface area contributed by atoms with Gasteiger partial charge in [0.1, 0.15) is 0 Å². The first-order valence-electron chi connectivity index (χ1n) is 7.36. The number of nitrogens with zero attached hydrogens (tertiary/aromatic N) is 1. The number of hydrogen-bond acceptors (Lipinski definition) is 4. The first kappa shape index (κ1) is 15.2. The lowest BCUT2D eigenvalue weighted by Gasteiger charge is -2.20. The number of Topliss-reactive ketones (excluding diaryl/α,β-unsaturated/α-hetero) is 1. The molecule has 0 saturated carbocycles. The number of esters is 1. The van der Waals surface area contributed by atoms with E-state index in [1.165, 1.54) is 0 Å². The van der Waals surface area contributed by atoms with E-state index in [0.717, 1.165) is 0 Å². The summed E-state index contributed by atoms with van der Waals surface area (Å²) < 4.78 is 5.44. The van der Waals surface area contributed by atoms with Crippen LogP contribution in [0.4, 0.5) is 0 Å². The van der Waals surface area contributed by atoms with Crippen LogP contribution in [0.2, 0.25) is 0 Å². The van der Waals surface area contributed by atoms with Crippen LogP contribution in [0.25, 0.3) is 5.57 Å². The Labute approximate surface area is 135 Å². The van der Waals surface area contributed by atoms with Gasteiger partial charge in [0.05, 0.1) is 11.1 Å². The summed E-state index contributed by atoms with van der Waals surface area (Å²) in [5.41, 5.74) is 1.97. The highest BCUT2D eigenvalue weighted by Gasteiger charge is 2.40. The molecule has 1 aliphatic heterocycles. The van der Waals surface area contributed by atoms with Gasteiger partial charge in [0, 0.05) is 5.56 Å². The first-order valence-corrected chi connectivity index (χ1v) is 7.36. The molecule has 0 aromatic heterocycles. The van der Waals surface area contributed by atoms with Gasteiger partial charge < -0.3 is 4.74 Å². The van der Waals surface area contributed by atoms with Gasteiger partial charge in [0.15, 0.2) is 12.0 Å². The number of cyclic esters (lactones) is 1. The molecule has 2 aromatic carbocycles. The van der Waals surface area contributed by atoms with Crippen LogP contribution in [0.1, 0.15) is 15.9 Å². The van der Waals surface area contributed by atoms with Crippen molar-refractivity contribution in [1.82, 2.24) is 4.90 Å². The zero-order valence-electron chi connectivity index (χ0n) is 13.0. The predicted octanol–water partition coefficient (Wildman–Crippen LogP) is 2.77. The maximum absolute atomic E-state index is 13.0. The Balaban J connectivity index is 2.17. The van der Waals surface area contributed by atoms with Gasteiger partial charge in [-0.25, -0.2) is 4.79 Å². The van der Waals surface area contributed by atoms with Crippen molar-refractivity contribution in [2.24, 2.45) is 0 Å². The van der Waals surface area contributed by atoms with Crippen molar-refractivity contribution in [3.8, 4) is 0 Å². The molecule has 23 heavy (non-hydrogen) atoms. The van der Waals surface area contributed by atoms with Crippen molar-refractivity contribution in [3.63, 3.8) is 0 Å². The lowest BCUT2D eigenvalue weighted by molar-refractivity contribution is -0.143. The molecule has 1 aliphatic rings. The summed E-state index contributed by atoms with van der Waals surface area (Å²) in [5.74, 6) is -0.650. The van der Waals surface area contributed by atoms with Gasteiger partial charge in [0.2, 0.25) is 0 Å². The SMILES string of the molecule is CN(C)C1OC(=O)C(c2ccccc2)=C1C(=O)c1ccccc1. The molecule has 1 unspecified atom stereocenters. The van der Waals surface area contributed by atoms with Gasteiger partial charge in [0.25, 0.3) is 0 Å². The topological polar surface area (TPSA) is 46.6 Å². The number of benzene rings is 2. The monoisotopic (exact) mass is 307 g/mol. The van der Waals surface area contributed by atoms with Crippen molar-refractivity contribution in [2.75, 3.05) is 14.1 Å². The van der Waals surface area contributed by atoms with Gasteiger partial charge in [-0.1, -0.05) is 60.7 Å². The molecular formula is C19H17NO3. The van der Waals surface area contributed by atoms with Gasteiger partial charge in [-0.2, -0.15) is 0 Å². The molecule has 2 aromatic rings. The van der Waals surface area contributed by atoms with Crippen LogP contribution in [0.5, 0.6) is 0 Å². The molecule has 1 heterocycles. The molecule has 0 aliphatic carbocycles. The van der Waals surface area contributed by atoms with E-state index >= 15 is 0 Å². The number of ether oxygens (including phenoxy) is 1. The van der Waals surface area contributed by atoms with Crippen molar-refractivity contribution >= 4 is 17.3 Å². The minimum Gasteiger partial charge on any atom is -0.438 e. The van der Waals surface area contributed by atoms with E-state index in [1.807, 2.05) is 36.4 Å². The standard InChI is InChI=1S/C19H17NO3/c1-20(2)18-16(17(21)14-11-7-4-8-12-14)15(19(22)23-18)13-9-5-3-6-10-13/h3-12,18H,1-2H3. The van der Waals surface area contributed by atoms with Crippen LogP contribution in [0, 0.1) is 0 Å². The molecule has 0 bridgehead atoms. The average Bonchev–Trinajstić information content (AvgIpc) is 2.93. The molecular weight excluding hydrogens is 290 g/mol. The minimum absolute atomic E-state index is 0.186. The second kappa shape index (κ2) is 6.18. The fourth-order valence-corrected chi connectivity index (χ4v) is 2.67. The number of likely N-dealkylation sites (N-methyl/N-ethyl adjacent to an activating group) is 1. The Morgan fingerprint density at radius 3 is 2.09 bits per heavy atom. The highest BCUT2D eigenvalue weighted by molar-refractivity contribution is 6.29. The number of hydrogen-bond donors (Lipinski definition) is 0. The zero-order valence-corrected chi connectivity index (χ0v) is 13.0. The molecule has 0 saturated heterocycles. The van der Waals surface area contributed by atoms with Crippen molar-refractivity contribution < 1.29 is 14.3 Å². The smallest absolute Gasteiger partial charge is 0.341 e. The molecule has 4 nitrogen and oxygen atoms in total. The van der Waals surface area contributed by atoms with E-state index in [9.17, 15) is 9.59 Å². The summed E-state index contributed by atoms with van der Waals surface area (Å²) in [6.45, 7) is 0. The summed E-state index contributed by atoms with van der Waals surface area (Å²) in [5, 5.41) is 0. The van der Waals surface area contributed by atoms with Crippen molar-refractivity contribution in [1.29, 1.82) is 0 Å². The Bertz CT molecular complexity index is 764. The summed E-state index contributed by atoms with van der Waals surface area (Å²) in [6.07, 6.45) is -0.676. The summed E-state index contributed by atoms with van der Waals surface area (Å²) >= 11 is 0. The lowest BCUT2D eigenvalue weighted by atomic mass is 9.94. The fourth-order valence-electron chi connectivity index (χ4n) is 2.67. The molecule has 4 heteroatoms. The molecule has 0 amide bonds. The van der Waals surface area contributed by atoms with Crippen LogP contribution in [-0.2, 0) is 9.53 Å². The maximum atomic E-state index is 13.0. The highest BCUT2D eigenvalue weighted by atomic mass is 16.6. The first-order chi connectivity index (χ1) is 11.1. The number of carbonyl (C=O) groups excluding carboxylic acids is 2. The van der Waals surface area contributed by atoms with Crippen molar-refractivity contribution in [3.05, 3.63) is 77.4 Å². The average molecular weight is 307 g/mol. The van der Waals surface area contributed by atoms with Gasteiger partial charge in [-0.15, -0.1) is 0 Å². The van der Waals surface area contributed by atoms with E-state index in [0.29, 0.717) is 22.3 Å². The van der Waals surface area contributed by atoms with Crippen LogP contribution in [0.3, 0.4) is 0 Å². The summed E-state index contributed by atoms with van der Waals surface area (Å²) in [4.78, 5) is 27.1. The van der Waals surface area contributed by atoms with Gasteiger partial charge in [-0.3, -0.25) is 9.69 Å². The molecule has 0 N–H and O–H groups in total. The second-order valence-electron chi connectivity index (χ2n) is 5.57. The number of ketones is 1. The minimum atomic E-state index is -0.676. The molecule has 0 fully saturated rings. The van der Waals surface area contributed by atoms with E-state index in [2.05, 4.69) is 0 Å².